The van der Waals surface area contributed by atoms with Crippen LogP contribution in [-0.4, -0.2) is 137 Å². The molecule has 45 heavy (non-hydrogen) atoms. The van der Waals surface area contributed by atoms with Crippen LogP contribution in [0.1, 0.15) is 58.3 Å². The molecule has 0 radical (unpaired) electrons. The van der Waals surface area contributed by atoms with E-state index < -0.39 is 26.4 Å². The van der Waals surface area contributed by atoms with E-state index in [-0.39, 0.29) is 5.60 Å². The van der Waals surface area contributed by atoms with Crippen LogP contribution in [0.4, 0.5) is 0 Å². The van der Waals surface area contributed by atoms with E-state index in [1.54, 1.807) is 64.0 Å². The second kappa shape index (κ2) is 28.0. The average Bonchev–Trinajstić information content (AvgIpc) is 3.07. The van der Waals surface area contributed by atoms with Crippen LogP contribution in [0.15, 0.2) is 0 Å². The molecule has 16 heteroatoms. The molecule has 0 rings (SSSR count). The topological polar surface area (TPSA) is 92.3 Å². The Kier molecular flexibility index (Phi) is 28.9. The summed E-state index contributed by atoms with van der Waals surface area (Å²) in [5, 5.41) is 0. The summed E-state index contributed by atoms with van der Waals surface area (Å²) in [6.07, 6.45) is 8.58. The summed E-state index contributed by atoms with van der Waals surface area (Å²) in [5.41, 5.74) is -0.0964. The molecule has 0 saturated heterocycles. The summed E-state index contributed by atoms with van der Waals surface area (Å²) in [6.45, 7) is 3.11. The first-order valence-corrected chi connectivity index (χ1v) is 25.3. The van der Waals surface area contributed by atoms with Crippen molar-refractivity contribution in [3.63, 3.8) is 0 Å². The minimum absolute atomic E-state index is 0.0964. The van der Waals surface area contributed by atoms with Gasteiger partial charge in [-0.25, -0.2) is 0 Å². The molecule has 0 saturated carbocycles. The van der Waals surface area contributed by atoms with Crippen LogP contribution >= 0.6 is 35.3 Å². The van der Waals surface area contributed by atoms with E-state index in [0.717, 1.165) is 111 Å². The van der Waals surface area contributed by atoms with E-state index in [1.165, 1.54) is 0 Å². The first kappa shape index (κ1) is 46.3. The predicted octanol–water partition coefficient (Wildman–Crippen LogP) is 6.72. The maximum absolute atomic E-state index is 6.60. The van der Waals surface area contributed by atoms with Gasteiger partial charge in [0.2, 0.25) is 0 Å². The second-order valence-corrected chi connectivity index (χ2v) is 23.8. The Balaban J connectivity index is 4.57. The summed E-state index contributed by atoms with van der Waals surface area (Å²) in [4.78, 5) is 0. The fourth-order valence-corrected chi connectivity index (χ4v) is 13.6. The van der Waals surface area contributed by atoms with Gasteiger partial charge in [-0.3, -0.25) is 0 Å². The van der Waals surface area contributed by atoms with Gasteiger partial charge in [0.05, 0.1) is 5.60 Å². The van der Waals surface area contributed by atoms with Crippen LogP contribution in [0, 0.1) is 0 Å². The third-order valence-electron chi connectivity index (χ3n) is 7.99. The van der Waals surface area contributed by atoms with E-state index in [1.807, 2.05) is 35.3 Å². The van der Waals surface area contributed by atoms with Crippen molar-refractivity contribution in [2.45, 2.75) is 82.0 Å². The summed E-state index contributed by atoms with van der Waals surface area (Å²) < 4.78 is 56.5. The number of hydrogen-bond donors (Lipinski definition) is 0. The van der Waals surface area contributed by atoms with E-state index >= 15 is 0 Å². The third-order valence-corrected chi connectivity index (χ3v) is 19.9. The summed E-state index contributed by atoms with van der Waals surface area (Å²) >= 11 is 5.96. The predicted molar refractivity (Wildman–Crippen MR) is 198 cm³/mol. The summed E-state index contributed by atoms with van der Waals surface area (Å²) in [7, 11) is 7.69. The molecule has 0 aromatic rings. The Bertz CT molecular complexity index is 621. The third kappa shape index (κ3) is 19.9. The van der Waals surface area contributed by atoms with Gasteiger partial charge in [-0.2, -0.15) is 35.3 Å². The first-order chi connectivity index (χ1) is 21.7. The Morgan fingerprint density at radius 1 is 0.400 bits per heavy atom. The largest absolute Gasteiger partial charge is 0.500 e. The zero-order valence-corrected chi connectivity index (χ0v) is 35.5. The number of ether oxygens (including phenoxy) is 1. The van der Waals surface area contributed by atoms with Gasteiger partial charge in [-0.15, -0.1) is 0 Å². The lowest BCUT2D eigenvalue weighted by Crippen LogP contribution is -2.42. The number of rotatable bonds is 34. The van der Waals surface area contributed by atoms with Gasteiger partial charge in [-0.1, -0.05) is 0 Å². The average molecular weight is 755 g/mol. The van der Waals surface area contributed by atoms with Crippen LogP contribution in [0.2, 0.25) is 18.1 Å². The maximum atomic E-state index is 6.60. The lowest BCUT2D eigenvalue weighted by molar-refractivity contribution is -0.0435. The van der Waals surface area contributed by atoms with Crippen molar-refractivity contribution >= 4 is 61.7 Å². The zero-order valence-electron chi connectivity index (χ0n) is 30.0. The molecule has 0 aliphatic carbocycles. The summed E-state index contributed by atoms with van der Waals surface area (Å²) in [6, 6.07) is 2.54. The summed E-state index contributed by atoms with van der Waals surface area (Å²) in [5.74, 6) is 6.58. The van der Waals surface area contributed by atoms with Crippen LogP contribution < -0.4 is 0 Å². The highest BCUT2D eigenvalue weighted by atomic mass is 32.2. The highest BCUT2D eigenvalue weighted by Gasteiger charge is 2.38. The molecular formula is C29H66O10S3Si3. The van der Waals surface area contributed by atoms with Crippen molar-refractivity contribution in [2.24, 2.45) is 0 Å². The monoisotopic (exact) mass is 754 g/mol. The Labute approximate surface area is 292 Å². The number of hydrogen-bond acceptors (Lipinski definition) is 13. The van der Waals surface area contributed by atoms with E-state index in [4.69, 9.17) is 44.6 Å². The molecule has 0 bridgehead atoms. The molecular weight excluding hydrogens is 689 g/mol. The highest BCUT2D eigenvalue weighted by Crippen LogP contribution is 2.28. The maximum Gasteiger partial charge on any atom is 0.500 e. The van der Waals surface area contributed by atoms with Crippen LogP contribution in [-0.2, 0) is 44.6 Å². The van der Waals surface area contributed by atoms with Gasteiger partial charge in [0.1, 0.15) is 0 Å². The second-order valence-electron chi connectivity index (χ2n) is 10.9. The molecule has 0 aromatic carbocycles. The molecule has 10 nitrogen and oxygen atoms in total. The van der Waals surface area contributed by atoms with Gasteiger partial charge in [0.25, 0.3) is 0 Å². The molecule has 0 heterocycles. The fourth-order valence-electron chi connectivity index (χ4n) is 4.99. The molecule has 0 aromatic heterocycles. The first-order valence-electron chi connectivity index (χ1n) is 16.0. The van der Waals surface area contributed by atoms with Gasteiger partial charge in [0, 0.05) is 88.7 Å². The molecule has 0 aliphatic rings. The van der Waals surface area contributed by atoms with E-state index in [9.17, 15) is 0 Å². The van der Waals surface area contributed by atoms with Crippen molar-refractivity contribution in [1.82, 2.24) is 0 Å². The Hall–Kier alpha value is 1.30. The SMILES string of the molecule is CO[Si](CCCSCCCOC(C)(CCCSCCC[Si](OC)(OC)OC)CCCSCCC[Si](OC)(OC)OC)(OC)OC. The molecule has 272 valence electrons. The molecule has 0 unspecified atom stereocenters. The lowest BCUT2D eigenvalue weighted by Gasteiger charge is -2.30. The molecule has 0 N–H and O–H groups in total. The molecule has 0 fully saturated rings. The molecule has 0 atom stereocenters. The number of thioether (sulfide) groups is 3. The van der Waals surface area contributed by atoms with Crippen molar-refractivity contribution in [3.8, 4) is 0 Å². The van der Waals surface area contributed by atoms with Gasteiger partial charge in [0.15, 0.2) is 0 Å². The standard InChI is InChI=1S/C29H66O10S3Si3/c1-29(17-11-20-40-23-14-26-43(30-2,31-3)32-4,18-12-21-41-24-15-27-44(33-5,34-6)35-7)39-19-13-22-42-25-16-28-45(36-8,37-9)38-10/h11-28H2,1-10H3. The lowest BCUT2D eigenvalue weighted by atomic mass is 9.94. The van der Waals surface area contributed by atoms with Crippen molar-refractivity contribution in [3.05, 3.63) is 0 Å². The van der Waals surface area contributed by atoms with E-state index in [0.29, 0.717) is 0 Å². The van der Waals surface area contributed by atoms with Crippen molar-refractivity contribution in [1.29, 1.82) is 0 Å². The Morgan fingerprint density at radius 2 is 0.667 bits per heavy atom. The zero-order chi connectivity index (χ0) is 33.9. The minimum atomic E-state index is -2.47. The van der Waals surface area contributed by atoms with Crippen molar-refractivity contribution in [2.75, 3.05) is 105 Å². The molecule has 0 spiro atoms. The van der Waals surface area contributed by atoms with Crippen molar-refractivity contribution < 1.29 is 44.6 Å². The normalized spacial score (nSPS) is 13.2. The van der Waals surface area contributed by atoms with Crippen LogP contribution in [0.5, 0.6) is 0 Å². The quantitative estimate of drug-likeness (QED) is 0.0515. The molecule has 0 amide bonds. The van der Waals surface area contributed by atoms with Gasteiger partial charge >= 0.3 is 26.4 Å². The van der Waals surface area contributed by atoms with Crippen LogP contribution in [0.3, 0.4) is 0 Å². The smallest absolute Gasteiger partial charge is 0.377 e. The van der Waals surface area contributed by atoms with Crippen LogP contribution in [0.25, 0.3) is 0 Å². The highest BCUT2D eigenvalue weighted by molar-refractivity contribution is 7.99. The van der Waals surface area contributed by atoms with E-state index in [2.05, 4.69) is 6.92 Å². The minimum Gasteiger partial charge on any atom is -0.377 e. The van der Waals surface area contributed by atoms with Gasteiger partial charge in [-0.05, 0) is 92.8 Å². The fraction of sp³-hybridized carbons (Fsp3) is 1.00. The molecule has 0 aliphatic heterocycles. The Morgan fingerprint density at radius 3 is 0.956 bits per heavy atom. The van der Waals surface area contributed by atoms with Gasteiger partial charge < -0.3 is 44.6 Å².